The lowest BCUT2D eigenvalue weighted by atomic mass is 9.97. The molecule has 0 unspecified atom stereocenters. The maximum Gasteiger partial charge on any atom is 0.309 e. The Balaban J connectivity index is 1.46. The van der Waals surface area contributed by atoms with Crippen molar-refractivity contribution in [3.63, 3.8) is 0 Å². The Morgan fingerprint density at radius 3 is 2.30 bits per heavy atom. The predicted molar refractivity (Wildman–Crippen MR) is 113 cm³/mol. The number of carbonyl (C=O) groups is 3. The van der Waals surface area contributed by atoms with Gasteiger partial charge >= 0.3 is 5.97 Å². The fourth-order valence-corrected chi connectivity index (χ4v) is 3.62. The molecule has 1 aromatic carbocycles. The van der Waals surface area contributed by atoms with E-state index in [0.717, 1.165) is 11.3 Å². The number of hydrogen-bond donors (Lipinski definition) is 0. The molecule has 0 saturated carbocycles. The molecule has 7 nitrogen and oxygen atoms in total. The first kappa shape index (κ1) is 21.6. The molecule has 2 heterocycles. The van der Waals surface area contributed by atoms with Gasteiger partial charge in [0.15, 0.2) is 0 Å². The van der Waals surface area contributed by atoms with Crippen LogP contribution in [0.15, 0.2) is 48.8 Å². The third-order valence-corrected chi connectivity index (χ3v) is 5.46. The zero-order valence-electron chi connectivity index (χ0n) is 17.6. The number of piperidine rings is 1. The van der Waals surface area contributed by atoms with Crippen LogP contribution in [-0.4, -0.2) is 65.4 Å². The zero-order chi connectivity index (χ0) is 21.5. The average molecular weight is 412 g/mol. The molecule has 3 rings (SSSR count). The molecular weight excluding hydrogens is 382 g/mol. The lowest BCUT2D eigenvalue weighted by molar-refractivity contribution is -0.151. The predicted octanol–water partition coefficient (Wildman–Crippen LogP) is 2.28. The van der Waals surface area contributed by atoms with Gasteiger partial charge in [-0.25, -0.2) is 0 Å². The van der Waals surface area contributed by atoms with Crippen LogP contribution in [0.25, 0.3) is 5.69 Å². The van der Waals surface area contributed by atoms with Crippen LogP contribution in [0.4, 0.5) is 0 Å². The van der Waals surface area contributed by atoms with E-state index in [4.69, 9.17) is 4.74 Å². The first-order valence-corrected chi connectivity index (χ1v) is 10.4. The standard InChI is InChI=1S/C23H29N3O4/c1-3-30-23(29)19-10-14-26(15-11-19)22(28)17-24(2)21(27)16-18-6-8-20(9-7-18)25-12-4-5-13-25/h4-9,12-13,19H,3,10-11,14-17H2,1-2H3. The van der Waals surface area contributed by atoms with E-state index in [1.54, 1.807) is 18.9 Å². The molecule has 1 aliphatic rings. The minimum absolute atomic E-state index is 0.0460. The van der Waals surface area contributed by atoms with E-state index in [-0.39, 0.29) is 36.7 Å². The lowest BCUT2D eigenvalue weighted by Crippen LogP contribution is -2.45. The van der Waals surface area contributed by atoms with E-state index in [0.29, 0.717) is 32.5 Å². The minimum Gasteiger partial charge on any atom is -0.466 e. The molecule has 160 valence electrons. The Morgan fingerprint density at radius 1 is 1.07 bits per heavy atom. The van der Waals surface area contributed by atoms with Gasteiger partial charge in [0.25, 0.3) is 0 Å². The SMILES string of the molecule is CCOC(=O)C1CCN(C(=O)CN(C)C(=O)Cc2ccc(-n3cccc3)cc2)CC1. The second kappa shape index (κ2) is 10.1. The summed E-state index contributed by atoms with van der Waals surface area (Å²) in [7, 11) is 1.65. The largest absolute Gasteiger partial charge is 0.466 e. The molecule has 7 heteroatoms. The van der Waals surface area contributed by atoms with Gasteiger partial charge in [0.1, 0.15) is 0 Å². The second-order valence-corrected chi connectivity index (χ2v) is 7.59. The number of esters is 1. The van der Waals surface area contributed by atoms with E-state index in [1.165, 1.54) is 4.90 Å². The van der Waals surface area contributed by atoms with Gasteiger partial charge in [-0.1, -0.05) is 12.1 Å². The minimum atomic E-state index is -0.181. The van der Waals surface area contributed by atoms with Crippen molar-refractivity contribution in [2.45, 2.75) is 26.2 Å². The summed E-state index contributed by atoms with van der Waals surface area (Å²) in [5, 5.41) is 0. The maximum absolute atomic E-state index is 12.6. The van der Waals surface area contributed by atoms with E-state index < -0.39 is 0 Å². The van der Waals surface area contributed by atoms with Crippen LogP contribution < -0.4 is 0 Å². The molecule has 2 amide bonds. The highest BCUT2D eigenvalue weighted by molar-refractivity contribution is 5.86. The van der Waals surface area contributed by atoms with Crippen molar-refractivity contribution >= 4 is 17.8 Å². The summed E-state index contributed by atoms with van der Waals surface area (Å²) in [6.45, 7) is 3.25. The van der Waals surface area contributed by atoms with Crippen molar-refractivity contribution in [1.29, 1.82) is 0 Å². The van der Waals surface area contributed by atoms with Crippen LogP contribution in [0.3, 0.4) is 0 Å². The Hall–Kier alpha value is -3.09. The van der Waals surface area contributed by atoms with Gasteiger partial charge in [-0.2, -0.15) is 0 Å². The Bertz CT molecular complexity index is 853. The number of benzene rings is 1. The number of likely N-dealkylation sites (N-methyl/N-ethyl adjacent to an activating group) is 1. The number of hydrogen-bond acceptors (Lipinski definition) is 4. The number of rotatable bonds is 7. The van der Waals surface area contributed by atoms with Crippen LogP contribution in [0.5, 0.6) is 0 Å². The Kier molecular flexibility index (Phi) is 7.27. The quantitative estimate of drug-likeness (QED) is 0.656. The van der Waals surface area contributed by atoms with Gasteiger partial charge < -0.3 is 19.1 Å². The van der Waals surface area contributed by atoms with Crippen LogP contribution in [0, 0.1) is 5.92 Å². The number of nitrogens with zero attached hydrogens (tertiary/aromatic N) is 3. The van der Waals surface area contributed by atoms with Gasteiger partial charge in [0, 0.05) is 38.2 Å². The summed E-state index contributed by atoms with van der Waals surface area (Å²) in [6.07, 6.45) is 5.40. The molecule has 1 aliphatic heterocycles. The summed E-state index contributed by atoms with van der Waals surface area (Å²) < 4.78 is 7.06. The summed E-state index contributed by atoms with van der Waals surface area (Å²) in [5.74, 6) is -0.503. The van der Waals surface area contributed by atoms with Crippen LogP contribution in [0.1, 0.15) is 25.3 Å². The van der Waals surface area contributed by atoms with Gasteiger partial charge in [-0.05, 0) is 49.6 Å². The molecule has 0 radical (unpaired) electrons. The molecule has 1 saturated heterocycles. The van der Waals surface area contributed by atoms with Gasteiger partial charge in [0.2, 0.25) is 11.8 Å². The molecule has 0 spiro atoms. The monoisotopic (exact) mass is 411 g/mol. The lowest BCUT2D eigenvalue weighted by Gasteiger charge is -2.32. The summed E-state index contributed by atoms with van der Waals surface area (Å²) in [4.78, 5) is 40.1. The molecule has 0 atom stereocenters. The molecule has 30 heavy (non-hydrogen) atoms. The molecule has 1 aromatic heterocycles. The summed E-state index contributed by atoms with van der Waals surface area (Å²) in [5.41, 5.74) is 1.94. The van der Waals surface area contributed by atoms with E-state index in [1.807, 2.05) is 53.4 Å². The highest BCUT2D eigenvalue weighted by Crippen LogP contribution is 2.19. The van der Waals surface area contributed by atoms with Crippen molar-refractivity contribution in [3.05, 3.63) is 54.4 Å². The van der Waals surface area contributed by atoms with Crippen molar-refractivity contribution < 1.29 is 19.1 Å². The number of carbonyl (C=O) groups excluding carboxylic acids is 3. The van der Waals surface area contributed by atoms with Crippen molar-refractivity contribution in [3.8, 4) is 5.69 Å². The van der Waals surface area contributed by atoms with Gasteiger partial charge in [0.05, 0.1) is 25.5 Å². The second-order valence-electron chi connectivity index (χ2n) is 7.59. The average Bonchev–Trinajstić information content (AvgIpc) is 3.29. The number of amides is 2. The Labute approximate surface area is 177 Å². The topological polar surface area (TPSA) is 71.8 Å². The van der Waals surface area contributed by atoms with Gasteiger partial charge in [-0.3, -0.25) is 14.4 Å². The molecule has 1 fully saturated rings. The molecule has 0 aliphatic carbocycles. The smallest absolute Gasteiger partial charge is 0.309 e. The highest BCUT2D eigenvalue weighted by Gasteiger charge is 2.28. The van der Waals surface area contributed by atoms with Crippen molar-refractivity contribution in [2.24, 2.45) is 5.92 Å². The molecule has 0 N–H and O–H groups in total. The fourth-order valence-electron chi connectivity index (χ4n) is 3.62. The normalized spacial score (nSPS) is 14.4. The molecule has 2 aromatic rings. The molecule has 0 bridgehead atoms. The van der Waals surface area contributed by atoms with Crippen LogP contribution >= 0.6 is 0 Å². The Morgan fingerprint density at radius 2 is 1.70 bits per heavy atom. The third-order valence-electron chi connectivity index (χ3n) is 5.46. The third kappa shape index (κ3) is 5.49. The van der Waals surface area contributed by atoms with Crippen LogP contribution in [0.2, 0.25) is 0 Å². The fraction of sp³-hybridized carbons (Fsp3) is 0.435. The van der Waals surface area contributed by atoms with Crippen LogP contribution in [-0.2, 0) is 25.5 Å². The first-order valence-electron chi connectivity index (χ1n) is 10.4. The van der Waals surface area contributed by atoms with Crippen molar-refractivity contribution in [2.75, 3.05) is 33.3 Å². The molecular formula is C23H29N3O4. The van der Waals surface area contributed by atoms with E-state index >= 15 is 0 Å². The van der Waals surface area contributed by atoms with Crippen molar-refractivity contribution in [1.82, 2.24) is 14.4 Å². The number of ether oxygens (including phenoxy) is 1. The van der Waals surface area contributed by atoms with E-state index in [2.05, 4.69) is 0 Å². The number of likely N-dealkylation sites (tertiary alicyclic amines) is 1. The van der Waals surface area contributed by atoms with Gasteiger partial charge in [-0.15, -0.1) is 0 Å². The summed E-state index contributed by atoms with van der Waals surface area (Å²) >= 11 is 0. The highest BCUT2D eigenvalue weighted by atomic mass is 16.5. The zero-order valence-corrected chi connectivity index (χ0v) is 17.6. The van der Waals surface area contributed by atoms with E-state index in [9.17, 15) is 14.4 Å². The maximum atomic E-state index is 12.6. The first-order chi connectivity index (χ1) is 14.5. The summed E-state index contributed by atoms with van der Waals surface area (Å²) in [6, 6.07) is 11.7. The number of aromatic nitrogens is 1.